The van der Waals surface area contributed by atoms with Gasteiger partial charge in [0, 0.05) is 23.3 Å². The van der Waals surface area contributed by atoms with E-state index in [-0.39, 0.29) is 0 Å². The fourth-order valence-corrected chi connectivity index (χ4v) is 4.04. The third kappa shape index (κ3) is 3.37. The minimum absolute atomic E-state index is 0.413. The van der Waals surface area contributed by atoms with Crippen molar-refractivity contribution in [1.29, 1.82) is 0 Å². The smallest absolute Gasteiger partial charge is 0.0428 e. The van der Waals surface area contributed by atoms with E-state index in [4.69, 9.17) is 0 Å². The highest BCUT2D eigenvalue weighted by Gasteiger charge is 2.19. The van der Waals surface area contributed by atoms with Gasteiger partial charge in [-0.1, -0.05) is 42.5 Å². The molecule has 1 heterocycles. The van der Waals surface area contributed by atoms with E-state index in [1.807, 2.05) is 12.4 Å². The van der Waals surface area contributed by atoms with E-state index in [0.29, 0.717) is 6.04 Å². The Kier molecular flexibility index (Phi) is 4.63. The summed E-state index contributed by atoms with van der Waals surface area (Å²) in [5.74, 6) is 0. The van der Waals surface area contributed by atoms with Crippen LogP contribution < -0.4 is 4.72 Å². The zero-order valence-corrected chi connectivity index (χ0v) is 14.3. The van der Waals surface area contributed by atoms with E-state index in [1.54, 1.807) is 11.9 Å². The van der Waals surface area contributed by atoms with Gasteiger partial charge >= 0.3 is 0 Å². The van der Waals surface area contributed by atoms with Crippen molar-refractivity contribution in [3.05, 3.63) is 84.2 Å². The number of pyridine rings is 1. The number of nitrogens with one attached hydrogen (secondary N) is 1. The Morgan fingerprint density at radius 3 is 2.54 bits per heavy atom. The fraction of sp³-hybridized carbons (Fsp3) is 0.190. The first-order valence-corrected chi connectivity index (χ1v) is 9.22. The van der Waals surface area contributed by atoms with Crippen molar-refractivity contribution in [3.63, 3.8) is 0 Å². The molecule has 24 heavy (non-hydrogen) atoms. The first kappa shape index (κ1) is 15.4. The molecule has 0 saturated heterocycles. The molecule has 0 aliphatic heterocycles. The van der Waals surface area contributed by atoms with Gasteiger partial charge in [0.1, 0.15) is 0 Å². The highest BCUT2D eigenvalue weighted by molar-refractivity contribution is 7.97. The SMILES string of the molecule is c1ccc(-c2ccc(SNC3CCCc4cnccc43)cc2)cc1. The molecule has 3 heteroatoms. The van der Waals surface area contributed by atoms with E-state index in [0.717, 1.165) is 6.42 Å². The van der Waals surface area contributed by atoms with Gasteiger partial charge in [0.15, 0.2) is 0 Å². The maximum absolute atomic E-state index is 4.25. The third-order valence-electron chi connectivity index (χ3n) is 4.54. The lowest BCUT2D eigenvalue weighted by Crippen LogP contribution is -2.20. The van der Waals surface area contributed by atoms with Gasteiger partial charge in [-0.15, -0.1) is 0 Å². The summed E-state index contributed by atoms with van der Waals surface area (Å²) in [4.78, 5) is 5.50. The molecular weight excluding hydrogens is 312 g/mol. The molecular formula is C21H20N2S. The number of hydrogen-bond acceptors (Lipinski definition) is 3. The molecule has 3 aromatic rings. The average Bonchev–Trinajstić information content (AvgIpc) is 2.67. The maximum Gasteiger partial charge on any atom is 0.0428 e. The Labute approximate surface area is 147 Å². The Bertz CT molecular complexity index is 800. The van der Waals surface area contributed by atoms with Crippen LogP contribution in [0.1, 0.15) is 30.0 Å². The van der Waals surface area contributed by atoms with Crippen LogP contribution in [0.5, 0.6) is 0 Å². The molecule has 1 aliphatic rings. The Morgan fingerprint density at radius 1 is 0.917 bits per heavy atom. The molecule has 2 aromatic carbocycles. The highest BCUT2D eigenvalue weighted by atomic mass is 32.2. The number of nitrogens with zero attached hydrogens (tertiary/aromatic N) is 1. The summed E-state index contributed by atoms with van der Waals surface area (Å²) in [6.45, 7) is 0. The number of hydrogen-bond donors (Lipinski definition) is 1. The first-order chi connectivity index (χ1) is 11.9. The van der Waals surface area contributed by atoms with E-state index in [2.05, 4.69) is 70.4 Å². The molecule has 0 radical (unpaired) electrons. The topological polar surface area (TPSA) is 24.9 Å². The van der Waals surface area contributed by atoms with Crippen molar-refractivity contribution in [2.75, 3.05) is 0 Å². The van der Waals surface area contributed by atoms with Gasteiger partial charge in [-0.3, -0.25) is 9.71 Å². The van der Waals surface area contributed by atoms with Gasteiger partial charge in [-0.2, -0.15) is 0 Å². The van der Waals surface area contributed by atoms with Gasteiger partial charge in [-0.05, 0) is 71.7 Å². The van der Waals surface area contributed by atoms with Crippen molar-refractivity contribution in [2.45, 2.75) is 30.2 Å². The van der Waals surface area contributed by atoms with Crippen molar-refractivity contribution < 1.29 is 0 Å². The summed E-state index contributed by atoms with van der Waals surface area (Å²) in [6.07, 6.45) is 7.48. The van der Waals surface area contributed by atoms with Crippen LogP contribution in [-0.2, 0) is 6.42 Å². The summed E-state index contributed by atoms with van der Waals surface area (Å²) in [6, 6.07) is 21.8. The van der Waals surface area contributed by atoms with Crippen LogP contribution in [-0.4, -0.2) is 4.98 Å². The molecule has 1 atom stereocenters. The number of aryl methyl sites for hydroxylation is 1. The molecule has 0 amide bonds. The normalized spacial score (nSPS) is 16.6. The minimum atomic E-state index is 0.413. The lowest BCUT2D eigenvalue weighted by molar-refractivity contribution is 0.541. The van der Waals surface area contributed by atoms with Gasteiger partial charge in [0.05, 0.1) is 0 Å². The predicted octanol–water partition coefficient (Wildman–Crippen LogP) is 5.42. The van der Waals surface area contributed by atoms with Crippen molar-refractivity contribution in [2.24, 2.45) is 0 Å². The summed E-state index contributed by atoms with van der Waals surface area (Å²) < 4.78 is 3.64. The molecule has 0 saturated carbocycles. The number of rotatable bonds is 4. The van der Waals surface area contributed by atoms with E-state index in [1.165, 1.54) is 40.0 Å². The summed E-state index contributed by atoms with van der Waals surface area (Å²) >= 11 is 1.72. The molecule has 4 rings (SSSR count). The van der Waals surface area contributed by atoms with Crippen molar-refractivity contribution in [3.8, 4) is 11.1 Å². The number of benzene rings is 2. The maximum atomic E-state index is 4.25. The molecule has 1 unspecified atom stereocenters. The molecule has 0 bridgehead atoms. The summed E-state index contributed by atoms with van der Waals surface area (Å²) in [5.41, 5.74) is 5.32. The third-order valence-corrected chi connectivity index (χ3v) is 5.45. The van der Waals surface area contributed by atoms with Crippen LogP contribution in [0.2, 0.25) is 0 Å². The second-order valence-corrected chi connectivity index (χ2v) is 7.04. The van der Waals surface area contributed by atoms with Crippen molar-refractivity contribution >= 4 is 11.9 Å². The van der Waals surface area contributed by atoms with Crippen LogP contribution >= 0.6 is 11.9 Å². The van der Waals surface area contributed by atoms with Crippen LogP contribution in [0.3, 0.4) is 0 Å². The zero-order chi connectivity index (χ0) is 16.2. The largest absolute Gasteiger partial charge is 0.264 e. The minimum Gasteiger partial charge on any atom is -0.264 e. The van der Waals surface area contributed by atoms with E-state index < -0.39 is 0 Å². The lowest BCUT2D eigenvalue weighted by Gasteiger charge is -2.25. The van der Waals surface area contributed by atoms with Gasteiger partial charge in [0.25, 0.3) is 0 Å². The number of fused-ring (bicyclic) bond motifs is 1. The predicted molar refractivity (Wildman–Crippen MR) is 101 cm³/mol. The monoisotopic (exact) mass is 332 g/mol. The lowest BCUT2D eigenvalue weighted by atomic mass is 9.90. The van der Waals surface area contributed by atoms with Crippen LogP contribution in [0.4, 0.5) is 0 Å². The molecule has 1 N–H and O–H groups in total. The molecule has 2 nitrogen and oxygen atoms in total. The molecule has 0 spiro atoms. The van der Waals surface area contributed by atoms with E-state index >= 15 is 0 Å². The van der Waals surface area contributed by atoms with Crippen LogP contribution in [0, 0.1) is 0 Å². The van der Waals surface area contributed by atoms with E-state index in [9.17, 15) is 0 Å². The average molecular weight is 332 g/mol. The number of aromatic nitrogens is 1. The van der Waals surface area contributed by atoms with Crippen LogP contribution in [0.25, 0.3) is 11.1 Å². The Hall–Kier alpha value is -2.10. The van der Waals surface area contributed by atoms with Crippen molar-refractivity contribution in [1.82, 2.24) is 9.71 Å². The Balaban J connectivity index is 1.44. The molecule has 1 aromatic heterocycles. The second-order valence-electron chi connectivity index (χ2n) is 6.13. The summed E-state index contributed by atoms with van der Waals surface area (Å²) in [7, 11) is 0. The zero-order valence-electron chi connectivity index (χ0n) is 13.5. The quantitative estimate of drug-likeness (QED) is 0.645. The fourth-order valence-electron chi connectivity index (χ4n) is 3.25. The van der Waals surface area contributed by atoms with Gasteiger partial charge in [-0.25, -0.2) is 0 Å². The first-order valence-electron chi connectivity index (χ1n) is 8.41. The standard InChI is InChI=1S/C21H20N2S/c1-2-5-16(6-3-1)17-9-11-19(12-10-17)24-23-21-8-4-7-18-15-22-14-13-20(18)21/h1-3,5-6,9-15,21,23H,4,7-8H2. The molecule has 0 fully saturated rings. The highest BCUT2D eigenvalue weighted by Crippen LogP contribution is 2.32. The molecule has 1 aliphatic carbocycles. The summed E-state index contributed by atoms with van der Waals surface area (Å²) in [5, 5.41) is 0. The second kappa shape index (κ2) is 7.20. The molecule has 120 valence electrons. The van der Waals surface area contributed by atoms with Crippen LogP contribution in [0.15, 0.2) is 78.0 Å². The Morgan fingerprint density at radius 2 is 1.71 bits per heavy atom. The van der Waals surface area contributed by atoms with Gasteiger partial charge < -0.3 is 0 Å². The van der Waals surface area contributed by atoms with Gasteiger partial charge in [0.2, 0.25) is 0 Å².